The van der Waals surface area contributed by atoms with Crippen molar-refractivity contribution in [3.8, 4) is 0 Å². The van der Waals surface area contributed by atoms with Crippen LogP contribution in [-0.2, 0) is 4.74 Å². The summed E-state index contributed by atoms with van der Waals surface area (Å²) in [5, 5.41) is 19.9. The van der Waals surface area contributed by atoms with Gasteiger partial charge in [-0.15, -0.1) is 0 Å². The molecule has 1 aromatic rings. The lowest BCUT2D eigenvalue weighted by Gasteiger charge is -2.35. The van der Waals surface area contributed by atoms with Gasteiger partial charge in [-0.05, 0) is 18.6 Å². The lowest BCUT2D eigenvalue weighted by molar-refractivity contribution is -0.0573. The number of pyridine rings is 1. The van der Waals surface area contributed by atoms with Crippen LogP contribution < -0.4 is 4.90 Å². The summed E-state index contributed by atoms with van der Waals surface area (Å²) in [6, 6.07) is 3.72. The second kappa shape index (κ2) is 5.86. The van der Waals surface area contributed by atoms with Crippen LogP contribution in [0.4, 0.5) is 5.82 Å². The Morgan fingerprint density at radius 2 is 2.11 bits per heavy atom. The molecule has 2 rings (SSSR count). The van der Waals surface area contributed by atoms with E-state index in [9.17, 15) is 10.2 Å². The molecule has 0 radical (unpaired) electrons. The maximum Gasteiger partial charge on any atom is 0.128 e. The van der Waals surface area contributed by atoms with Crippen molar-refractivity contribution in [3.63, 3.8) is 0 Å². The fourth-order valence-corrected chi connectivity index (χ4v) is 2.30. The Morgan fingerprint density at radius 3 is 2.63 bits per heavy atom. The molecule has 0 aliphatic carbocycles. The molecule has 0 saturated carbocycles. The van der Waals surface area contributed by atoms with Gasteiger partial charge in [-0.3, -0.25) is 0 Å². The fraction of sp³-hybridized carbons (Fsp3) is 0.643. The molecule has 5 heteroatoms. The highest BCUT2D eigenvalue weighted by molar-refractivity contribution is 5.39. The average molecular weight is 266 g/mol. The molecule has 1 aliphatic rings. The third kappa shape index (κ3) is 3.65. The van der Waals surface area contributed by atoms with E-state index in [1.807, 2.05) is 24.1 Å². The van der Waals surface area contributed by atoms with Crippen molar-refractivity contribution in [1.82, 2.24) is 4.98 Å². The van der Waals surface area contributed by atoms with E-state index >= 15 is 0 Å². The van der Waals surface area contributed by atoms with Crippen molar-refractivity contribution in [1.29, 1.82) is 0 Å². The summed E-state index contributed by atoms with van der Waals surface area (Å²) < 4.78 is 5.27. The summed E-state index contributed by atoms with van der Waals surface area (Å²) in [4.78, 5) is 6.26. The molecule has 0 unspecified atom stereocenters. The largest absolute Gasteiger partial charge is 0.389 e. The number of hydrogen-bond acceptors (Lipinski definition) is 5. The molecule has 1 atom stereocenters. The van der Waals surface area contributed by atoms with E-state index in [-0.39, 0.29) is 0 Å². The summed E-state index contributed by atoms with van der Waals surface area (Å²) in [5.41, 5.74) is 0.0966. The van der Waals surface area contributed by atoms with Crippen LogP contribution >= 0.6 is 0 Å². The molecule has 5 nitrogen and oxygen atoms in total. The zero-order valence-corrected chi connectivity index (χ0v) is 11.5. The number of ether oxygens (including phenoxy) is 1. The number of hydrogen-bond donors (Lipinski definition) is 2. The van der Waals surface area contributed by atoms with Crippen LogP contribution in [0.25, 0.3) is 0 Å². The van der Waals surface area contributed by atoms with Gasteiger partial charge in [0.1, 0.15) is 5.82 Å². The quantitative estimate of drug-likeness (QED) is 0.854. The molecule has 0 spiro atoms. The number of likely N-dealkylation sites (N-methyl/N-ethyl adjacent to an activating group) is 1. The zero-order chi connectivity index (χ0) is 13.9. The molecule has 2 heterocycles. The summed E-state index contributed by atoms with van der Waals surface area (Å²) in [6.45, 7) is 3.47. The van der Waals surface area contributed by atoms with E-state index in [0.717, 1.165) is 11.4 Å². The Hall–Kier alpha value is -1.17. The average Bonchev–Trinajstić information content (AvgIpc) is 2.39. The molecule has 0 bridgehead atoms. The second-order valence-electron chi connectivity index (χ2n) is 5.32. The molecule has 19 heavy (non-hydrogen) atoms. The van der Waals surface area contributed by atoms with E-state index in [2.05, 4.69) is 4.98 Å². The molecule has 2 N–H and O–H groups in total. The van der Waals surface area contributed by atoms with Crippen LogP contribution in [0, 0.1) is 0 Å². The number of aliphatic hydroxyl groups excluding tert-OH is 1. The molecule has 1 aromatic heterocycles. The van der Waals surface area contributed by atoms with Crippen molar-refractivity contribution >= 4 is 5.82 Å². The molecule has 106 valence electrons. The zero-order valence-electron chi connectivity index (χ0n) is 11.5. The van der Waals surface area contributed by atoms with Crippen molar-refractivity contribution in [2.24, 2.45) is 0 Å². The van der Waals surface area contributed by atoms with E-state index in [0.29, 0.717) is 32.6 Å². The highest BCUT2D eigenvalue weighted by Crippen LogP contribution is 2.23. The van der Waals surface area contributed by atoms with E-state index < -0.39 is 11.7 Å². The van der Waals surface area contributed by atoms with Gasteiger partial charge in [0.2, 0.25) is 0 Å². The first-order chi connectivity index (χ1) is 9.00. The molecule has 1 fully saturated rings. The number of rotatable bonds is 4. The Kier molecular flexibility index (Phi) is 4.39. The first-order valence-corrected chi connectivity index (χ1v) is 6.65. The molecule has 0 amide bonds. The SMILES string of the molecule is C[C@@H](O)c1ccc(N(C)CC2(O)CCOCC2)nc1. The summed E-state index contributed by atoms with van der Waals surface area (Å²) in [7, 11) is 1.91. The fourth-order valence-electron chi connectivity index (χ4n) is 2.30. The van der Waals surface area contributed by atoms with Crippen LogP contribution in [0.3, 0.4) is 0 Å². The molecular weight excluding hydrogens is 244 g/mol. The first kappa shape index (κ1) is 14.2. The Morgan fingerprint density at radius 1 is 1.42 bits per heavy atom. The van der Waals surface area contributed by atoms with Gasteiger partial charge in [0.15, 0.2) is 0 Å². The maximum atomic E-state index is 10.5. The Bertz CT molecular complexity index is 400. The minimum Gasteiger partial charge on any atom is -0.389 e. The van der Waals surface area contributed by atoms with Crippen LogP contribution in [0.2, 0.25) is 0 Å². The molecule has 0 aromatic carbocycles. The number of nitrogens with zero attached hydrogens (tertiary/aromatic N) is 2. The molecular formula is C14H22N2O3. The van der Waals surface area contributed by atoms with Gasteiger partial charge < -0.3 is 19.8 Å². The molecule has 1 aliphatic heterocycles. The topological polar surface area (TPSA) is 65.8 Å². The highest BCUT2D eigenvalue weighted by Gasteiger charge is 2.31. The lowest BCUT2D eigenvalue weighted by atomic mass is 9.94. The van der Waals surface area contributed by atoms with Crippen LogP contribution in [0.5, 0.6) is 0 Å². The summed E-state index contributed by atoms with van der Waals surface area (Å²) in [5.74, 6) is 0.796. The van der Waals surface area contributed by atoms with Gasteiger partial charge in [-0.1, -0.05) is 6.07 Å². The summed E-state index contributed by atoms with van der Waals surface area (Å²) >= 11 is 0. The smallest absolute Gasteiger partial charge is 0.128 e. The summed E-state index contributed by atoms with van der Waals surface area (Å²) in [6.07, 6.45) is 2.48. The van der Waals surface area contributed by atoms with Gasteiger partial charge >= 0.3 is 0 Å². The Labute approximate surface area is 113 Å². The van der Waals surface area contributed by atoms with Crippen molar-refractivity contribution in [2.75, 3.05) is 31.7 Å². The van der Waals surface area contributed by atoms with Gasteiger partial charge in [-0.25, -0.2) is 4.98 Å². The van der Waals surface area contributed by atoms with E-state index in [1.54, 1.807) is 13.1 Å². The second-order valence-corrected chi connectivity index (χ2v) is 5.32. The third-order valence-corrected chi connectivity index (χ3v) is 3.60. The maximum absolute atomic E-state index is 10.5. The van der Waals surface area contributed by atoms with Crippen LogP contribution in [-0.4, -0.2) is 47.6 Å². The first-order valence-electron chi connectivity index (χ1n) is 6.65. The monoisotopic (exact) mass is 266 g/mol. The normalized spacial score (nSPS) is 20.0. The van der Waals surface area contributed by atoms with Gasteiger partial charge in [0.05, 0.1) is 11.7 Å². The number of anilines is 1. The highest BCUT2D eigenvalue weighted by atomic mass is 16.5. The minimum atomic E-state index is -0.697. The van der Waals surface area contributed by atoms with Crippen LogP contribution in [0.1, 0.15) is 31.4 Å². The standard InChI is InChI=1S/C14H22N2O3/c1-11(17)12-3-4-13(15-9-12)16(2)10-14(18)5-7-19-8-6-14/h3-4,9,11,17-18H,5-8,10H2,1-2H3/t11-/m1/s1. The number of aliphatic hydroxyl groups is 2. The van der Waals surface area contributed by atoms with Crippen LogP contribution in [0.15, 0.2) is 18.3 Å². The predicted molar refractivity (Wildman–Crippen MR) is 73.1 cm³/mol. The Balaban J connectivity index is 2.00. The number of aromatic nitrogens is 1. The molecule has 1 saturated heterocycles. The van der Waals surface area contributed by atoms with Crippen molar-refractivity contribution in [2.45, 2.75) is 31.5 Å². The van der Waals surface area contributed by atoms with Crippen molar-refractivity contribution < 1.29 is 14.9 Å². The van der Waals surface area contributed by atoms with Gasteiger partial charge in [-0.2, -0.15) is 0 Å². The minimum absolute atomic E-state index is 0.508. The van der Waals surface area contributed by atoms with E-state index in [1.165, 1.54) is 0 Å². The van der Waals surface area contributed by atoms with Gasteiger partial charge in [0.25, 0.3) is 0 Å². The third-order valence-electron chi connectivity index (χ3n) is 3.60. The van der Waals surface area contributed by atoms with Gasteiger partial charge in [0, 0.05) is 45.8 Å². The predicted octanol–water partition coefficient (Wildman–Crippen LogP) is 1.11. The lowest BCUT2D eigenvalue weighted by Crippen LogP contribution is -2.46. The van der Waals surface area contributed by atoms with E-state index in [4.69, 9.17) is 4.74 Å². The van der Waals surface area contributed by atoms with Crippen molar-refractivity contribution in [3.05, 3.63) is 23.9 Å².